The van der Waals surface area contributed by atoms with Gasteiger partial charge in [-0.25, -0.2) is 0 Å². The summed E-state index contributed by atoms with van der Waals surface area (Å²) >= 11 is 0. The highest BCUT2D eigenvalue weighted by Crippen LogP contribution is 2.19. The number of amides is 2. The first-order chi connectivity index (χ1) is 13.5. The maximum atomic E-state index is 12.8. The van der Waals surface area contributed by atoms with E-state index in [9.17, 15) is 9.59 Å². The number of rotatable bonds is 9. The van der Waals surface area contributed by atoms with Crippen LogP contribution in [0.1, 0.15) is 56.5 Å². The average molecular weight is 383 g/mol. The van der Waals surface area contributed by atoms with E-state index in [1.54, 1.807) is 24.3 Å². The van der Waals surface area contributed by atoms with Gasteiger partial charge in [0.25, 0.3) is 11.8 Å². The fourth-order valence-electron chi connectivity index (χ4n) is 2.70. The molecule has 0 radical (unpaired) electrons. The molecule has 2 amide bonds. The average Bonchev–Trinajstić information content (AvgIpc) is 2.72. The molecule has 2 aromatic carbocycles. The molecule has 5 heteroatoms. The van der Waals surface area contributed by atoms with Crippen LogP contribution in [0.4, 0.5) is 5.69 Å². The lowest BCUT2D eigenvalue weighted by molar-refractivity contribution is -0.122. The van der Waals surface area contributed by atoms with E-state index in [1.165, 1.54) is 5.56 Å². The van der Waals surface area contributed by atoms with Crippen LogP contribution in [0.2, 0.25) is 0 Å². The van der Waals surface area contributed by atoms with E-state index in [4.69, 9.17) is 4.74 Å². The van der Waals surface area contributed by atoms with Crippen LogP contribution in [0.25, 0.3) is 0 Å². The molecule has 2 rings (SSSR count). The monoisotopic (exact) mass is 382 g/mol. The SMILES string of the molecule is CCc1ccc(O[C@H](CC)C(=O)Nc2ccccc2C(=O)N[C@@H](C)CC)cc1. The summed E-state index contributed by atoms with van der Waals surface area (Å²) in [7, 11) is 0. The number of anilines is 1. The first-order valence-corrected chi connectivity index (χ1v) is 9.94. The lowest BCUT2D eigenvalue weighted by atomic mass is 10.1. The number of benzene rings is 2. The Kier molecular flexibility index (Phi) is 8.05. The van der Waals surface area contributed by atoms with E-state index < -0.39 is 6.10 Å². The third-order valence-electron chi connectivity index (χ3n) is 4.69. The van der Waals surface area contributed by atoms with Gasteiger partial charge in [0.1, 0.15) is 5.75 Å². The second kappa shape index (κ2) is 10.5. The molecular formula is C23H30N2O3. The molecule has 5 nitrogen and oxygen atoms in total. The number of hydrogen-bond donors (Lipinski definition) is 2. The van der Waals surface area contributed by atoms with E-state index in [0.717, 1.165) is 12.8 Å². The number of hydrogen-bond acceptors (Lipinski definition) is 3. The Hall–Kier alpha value is -2.82. The third kappa shape index (κ3) is 5.84. The second-order valence-electron chi connectivity index (χ2n) is 6.83. The summed E-state index contributed by atoms with van der Waals surface area (Å²) in [6.07, 6.45) is 1.66. The molecule has 2 N–H and O–H groups in total. The van der Waals surface area contributed by atoms with Crippen LogP contribution in [0, 0.1) is 0 Å². The standard InChI is InChI=1S/C23H30N2O3/c1-5-16(4)24-22(26)19-10-8-9-11-20(19)25-23(27)21(7-3)28-18-14-12-17(6-2)13-15-18/h8-16,21H,5-7H2,1-4H3,(H,24,26)(H,25,27)/t16-,21+/m0/s1. The first-order valence-electron chi connectivity index (χ1n) is 9.94. The van der Waals surface area contributed by atoms with Crippen molar-refractivity contribution in [2.24, 2.45) is 0 Å². The molecule has 0 fully saturated rings. The van der Waals surface area contributed by atoms with Crippen molar-refractivity contribution in [3.05, 3.63) is 59.7 Å². The van der Waals surface area contributed by atoms with Crippen LogP contribution in [0.5, 0.6) is 5.75 Å². The molecule has 28 heavy (non-hydrogen) atoms. The maximum Gasteiger partial charge on any atom is 0.265 e. The van der Waals surface area contributed by atoms with Crippen molar-refractivity contribution in [2.75, 3.05) is 5.32 Å². The summed E-state index contributed by atoms with van der Waals surface area (Å²) in [6, 6.07) is 14.8. The van der Waals surface area contributed by atoms with Gasteiger partial charge in [0.15, 0.2) is 6.10 Å². The quantitative estimate of drug-likeness (QED) is 0.667. The van der Waals surface area contributed by atoms with Crippen molar-refractivity contribution in [1.29, 1.82) is 0 Å². The number of ether oxygens (including phenoxy) is 1. The van der Waals surface area contributed by atoms with Gasteiger partial charge in [-0.2, -0.15) is 0 Å². The van der Waals surface area contributed by atoms with Gasteiger partial charge in [0.2, 0.25) is 0 Å². The van der Waals surface area contributed by atoms with Crippen LogP contribution in [0.3, 0.4) is 0 Å². The highest BCUT2D eigenvalue weighted by molar-refractivity contribution is 6.04. The van der Waals surface area contributed by atoms with Crippen LogP contribution in [0.15, 0.2) is 48.5 Å². The minimum atomic E-state index is -0.641. The Morgan fingerprint density at radius 2 is 1.64 bits per heavy atom. The van der Waals surface area contributed by atoms with Gasteiger partial charge in [-0.3, -0.25) is 9.59 Å². The van der Waals surface area contributed by atoms with Crippen LogP contribution < -0.4 is 15.4 Å². The van der Waals surface area contributed by atoms with Crippen LogP contribution in [-0.4, -0.2) is 24.0 Å². The minimum Gasteiger partial charge on any atom is -0.481 e. The molecule has 2 aromatic rings. The molecule has 0 bridgehead atoms. The van der Waals surface area contributed by atoms with Crippen molar-refractivity contribution in [2.45, 2.75) is 59.1 Å². The van der Waals surface area contributed by atoms with Gasteiger partial charge in [0.05, 0.1) is 11.3 Å². The highest BCUT2D eigenvalue weighted by Gasteiger charge is 2.21. The molecule has 0 aliphatic carbocycles. The summed E-state index contributed by atoms with van der Waals surface area (Å²) in [4.78, 5) is 25.3. The lowest BCUT2D eigenvalue weighted by Gasteiger charge is -2.19. The van der Waals surface area contributed by atoms with Crippen LogP contribution >= 0.6 is 0 Å². The summed E-state index contributed by atoms with van der Waals surface area (Å²) < 4.78 is 5.87. The molecule has 150 valence electrons. The first kappa shape index (κ1) is 21.5. The van der Waals surface area contributed by atoms with Gasteiger partial charge >= 0.3 is 0 Å². The van der Waals surface area contributed by atoms with E-state index in [-0.39, 0.29) is 17.9 Å². The number of carbonyl (C=O) groups is 2. The number of para-hydroxylation sites is 1. The van der Waals surface area contributed by atoms with Gasteiger partial charge in [-0.05, 0) is 56.0 Å². The largest absolute Gasteiger partial charge is 0.481 e. The fraction of sp³-hybridized carbons (Fsp3) is 0.391. The summed E-state index contributed by atoms with van der Waals surface area (Å²) in [5.74, 6) is 0.183. The predicted octanol–water partition coefficient (Wildman–Crippen LogP) is 4.57. The third-order valence-corrected chi connectivity index (χ3v) is 4.69. The fourth-order valence-corrected chi connectivity index (χ4v) is 2.70. The van der Waals surface area contributed by atoms with Gasteiger partial charge in [-0.15, -0.1) is 0 Å². The topological polar surface area (TPSA) is 67.4 Å². The molecule has 0 aromatic heterocycles. The lowest BCUT2D eigenvalue weighted by Crippen LogP contribution is -2.35. The second-order valence-corrected chi connectivity index (χ2v) is 6.83. The van der Waals surface area contributed by atoms with Crippen molar-refractivity contribution in [3.8, 4) is 5.75 Å². The summed E-state index contributed by atoms with van der Waals surface area (Å²) in [5, 5.41) is 5.78. The molecule has 0 saturated carbocycles. The zero-order valence-electron chi connectivity index (χ0n) is 17.1. The summed E-state index contributed by atoms with van der Waals surface area (Å²) in [6.45, 7) is 7.94. The number of nitrogens with one attached hydrogen (secondary N) is 2. The maximum absolute atomic E-state index is 12.8. The molecule has 0 saturated heterocycles. The Balaban J connectivity index is 2.10. The smallest absolute Gasteiger partial charge is 0.265 e. The molecule has 2 atom stereocenters. The van der Waals surface area contributed by atoms with Crippen LogP contribution in [-0.2, 0) is 11.2 Å². The van der Waals surface area contributed by atoms with Crippen molar-refractivity contribution >= 4 is 17.5 Å². The van der Waals surface area contributed by atoms with E-state index in [0.29, 0.717) is 23.4 Å². The molecule has 0 unspecified atom stereocenters. The summed E-state index contributed by atoms with van der Waals surface area (Å²) in [5.41, 5.74) is 2.14. The van der Waals surface area contributed by atoms with Crippen molar-refractivity contribution < 1.29 is 14.3 Å². The predicted molar refractivity (Wildman–Crippen MR) is 113 cm³/mol. The zero-order valence-corrected chi connectivity index (χ0v) is 17.1. The number of carbonyl (C=O) groups excluding carboxylic acids is 2. The van der Waals surface area contributed by atoms with Crippen molar-refractivity contribution in [1.82, 2.24) is 5.32 Å². The van der Waals surface area contributed by atoms with E-state index >= 15 is 0 Å². The normalized spacial score (nSPS) is 12.7. The van der Waals surface area contributed by atoms with E-state index in [1.807, 2.05) is 45.0 Å². The minimum absolute atomic E-state index is 0.0640. The van der Waals surface area contributed by atoms with Gasteiger partial charge in [0, 0.05) is 6.04 Å². The highest BCUT2D eigenvalue weighted by atomic mass is 16.5. The zero-order chi connectivity index (χ0) is 20.5. The molecule has 0 heterocycles. The molecule has 0 aliphatic heterocycles. The molecule has 0 aliphatic rings. The Bertz CT molecular complexity index is 787. The Morgan fingerprint density at radius 1 is 0.964 bits per heavy atom. The Morgan fingerprint density at radius 3 is 2.25 bits per heavy atom. The Labute approximate surface area is 167 Å². The number of aryl methyl sites for hydroxylation is 1. The molecule has 0 spiro atoms. The van der Waals surface area contributed by atoms with Gasteiger partial charge < -0.3 is 15.4 Å². The van der Waals surface area contributed by atoms with Gasteiger partial charge in [-0.1, -0.05) is 45.0 Å². The van der Waals surface area contributed by atoms with Crippen molar-refractivity contribution in [3.63, 3.8) is 0 Å². The molecular weight excluding hydrogens is 352 g/mol. The van der Waals surface area contributed by atoms with E-state index in [2.05, 4.69) is 17.6 Å².